The first-order valence-corrected chi connectivity index (χ1v) is 8.17. The molecule has 2 heterocycles. The van der Waals surface area contributed by atoms with Crippen LogP contribution in [0.3, 0.4) is 0 Å². The molecule has 0 bridgehead atoms. The molecule has 5 heteroatoms. The highest BCUT2D eigenvalue weighted by Gasteiger charge is 2.51. The Morgan fingerprint density at radius 1 is 1.09 bits per heavy atom. The van der Waals surface area contributed by atoms with Gasteiger partial charge in [-0.1, -0.05) is 12.1 Å². The lowest BCUT2D eigenvalue weighted by molar-refractivity contribution is 0.00578. The predicted octanol–water partition coefficient (Wildman–Crippen LogP) is 1.95. The van der Waals surface area contributed by atoms with Crippen molar-refractivity contribution in [2.24, 2.45) is 0 Å². The van der Waals surface area contributed by atoms with Gasteiger partial charge in [-0.2, -0.15) is 0 Å². The molecule has 1 aromatic carbocycles. The van der Waals surface area contributed by atoms with Crippen LogP contribution >= 0.6 is 0 Å². The van der Waals surface area contributed by atoms with Gasteiger partial charge >= 0.3 is 7.12 Å². The van der Waals surface area contributed by atoms with Gasteiger partial charge in [-0.05, 0) is 58.1 Å². The first kappa shape index (κ1) is 15.8. The normalized spacial score (nSPS) is 27.2. The Hall–Kier alpha value is -1.04. The number of hydrogen-bond acceptors (Lipinski definition) is 4. The number of rotatable bonds is 2. The van der Waals surface area contributed by atoms with E-state index in [0.29, 0.717) is 0 Å². The average Bonchev–Trinajstić information content (AvgIpc) is 2.68. The molecule has 0 radical (unpaired) electrons. The summed E-state index contributed by atoms with van der Waals surface area (Å²) in [4.78, 5) is 2.24. The second-order valence-electron chi connectivity index (χ2n) is 7.42. The maximum absolute atomic E-state index is 9.80. The van der Waals surface area contributed by atoms with Crippen LogP contribution in [0.4, 0.5) is 5.69 Å². The van der Waals surface area contributed by atoms with Gasteiger partial charge in [0, 0.05) is 18.8 Å². The predicted molar refractivity (Wildman–Crippen MR) is 89.6 cm³/mol. The van der Waals surface area contributed by atoms with Crippen LogP contribution in [-0.2, 0) is 9.31 Å². The molecule has 2 saturated heterocycles. The van der Waals surface area contributed by atoms with Crippen molar-refractivity contribution in [2.45, 2.75) is 57.8 Å². The number of nitrogens with zero attached hydrogens (tertiary/aromatic N) is 1. The maximum Gasteiger partial charge on any atom is 0.494 e. The van der Waals surface area contributed by atoms with Crippen molar-refractivity contribution in [1.82, 2.24) is 0 Å². The van der Waals surface area contributed by atoms with E-state index in [9.17, 15) is 5.11 Å². The van der Waals surface area contributed by atoms with Gasteiger partial charge in [0.25, 0.3) is 0 Å². The van der Waals surface area contributed by atoms with E-state index in [-0.39, 0.29) is 24.4 Å². The van der Waals surface area contributed by atoms with Crippen LogP contribution in [0.25, 0.3) is 0 Å². The summed E-state index contributed by atoms with van der Waals surface area (Å²) in [6.45, 7) is 9.99. The van der Waals surface area contributed by atoms with Crippen LogP contribution in [-0.4, -0.2) is 42.6 Å². The smallest absolute Gasteiger partial charge is 0.399 e. The standard InChI is InChI=1S/C17H26BNO3/c1-16(2)17(3,4)22-18(21-16)13-7-9-14(10-8-13)19-11-5-6-15(20)12-19/h7-10,15,20H,5-6,11-12H2,1-4H3/t15-/m0/s1. The maximum atomic E-state index is 9.80. The molecule has 2 fully saturated rings. The van der Waals surface area contributed by atoms with E-state index >= 15 is 0 Å². The van der Waals surface area contributed by atoms with Gasteiger partial charge < -0.3 is 19.3 Å². The van der Waals surface area contributed by atoms with E-state index < -0.39 is 0 Å². The van der Waals surface area contributed by atoms with Gasteiger partial charge in [0.1, 0.15) is 0 Å². The largest absolute Gasteiger partial charge is 0.494 e. The van der Waals surface area contributed by atoms with Gasteiger partial charge in [0.2, 0.25) is 0 Å². The van der Waals surface area contributed by atoms with E-state index in [4.69, 9.17) is 9.31 Å². The number of β-amino-alcohol motifs (C(OH)–C–C–N with tert-alkyl or cyclic N) is 1. The molecule has 0 unspecified atom stereocenters. The van der Waals surface area contributed by atoms with Gasteiger partial charge in [-0.25, -0.2) is 0 Å². The summed E-state index contributed by atoms with van der Waals surface area (Å²) in [5.41, 5.74) is 1.57. The molecule has 0 aliphatic carbocycles. The third-order valence-corrected chi connectivity index (χ3v) is 5.18. The minimum atomic E-state index is -0.314. The number of benzene rings is 1. The van der Waals surface area contributed by atoms with E-state index in [0.717, 1.165) is 37.1 Å². The summed E-state index contributed by atoms with van der Waals surface area (Å²) in [6.07, 6.45) is 1.74. The number of piperidine rings is 1. The zero-order valence-corrected chi connectivity index (χ0v) is 14.0. The lowest BCUT2D eigenvalue weighted by Crippen LogP contribution is -2.41. The van der Waals surface area contributed by atoms with E-state index in [1.54, 1.807) is 0 Å². The molecule has 1 atom stereocenters. The molecular weight excluding hydrogens is 277 g/mol. The average molecular weight is 303 g/mol. The summed E-state index contributed by atoms with van der Waals surface area (Å²) in [6, 6.07) is 8.33. The molecule has 0 saturated carbocycles. The second kappa shape index (κ2) is 5.55. The second-order valence-corrected chi connectivity index (χ2v) is 7.42. The quantitative estimate of drug-likeness (QED) is 0.848. The van der Waals surface area contributed by atoms with E-state index in [1.807, 2.05) is 0 Å². The summed E-state index contributed by atoms with van der Waals surface area (Å²) in [5.74, 6) is 0. The van der Waals surface area contributed by atoms with Crippen molar-refractivity contribution in [3.63, 3.8) is 0 Å². The van der Waals surface area contributed by atoms with E-state index in [2.05, 4.69) is 56.9 Å². The molecule has 0 spiro atoms. The number of anilines is 1. The van der Waals surface area contributed by atoms with Crippen molar-refractivity contribution in [2.75, 3.05) is 18.0 Å². The van der Waals surface area contributed by atoms with Crippen molar-refractivity contribution in [1.29, 1.82) is 0 Å². The van der Waals surface area contributed by atoms with Gasteiger partial charge in [0.05, 0.1) is 17.3 Å². The third kappa shape index (κ3) is 2.90. The molecular formula is C17H26BNO3. The lowest BCUT2D eigenvalue weighted by atomic mass is 9.79. The minimum Gasteiger partial charge on any atom is -0.399 e. The number of aliphatic hydroxyl groups is 1. The number of aliphatic hydroxyl groups excluding tert-OH is 1. The zero-order valence-electron chi connectivity index (χ0n) is 14.0. The van der Waals surface area contributed by atoms with Crippen molar-refractivity contribution >= 4 is 18.3 Å². The molecule has 120 valence electrons. The first-order valence-electron chi connectivity index (χ1n) is 8.17. The Balaban J connectivity index is 1.72. The molecule has 3 rings (SSSR count). The fourth-order valence-corrected chi connectivity index (χ4v) is 3.01. The highest BCUT2D eigenvalue weighted by Crippen LogP contribution is 2.36. The van der Waals surface area contributed by atoms with E-state index in [1.165, 1.54) is 0 Å². The van der Waals surface area contributed by atoms with Gasteiger partial charge in [0.15, 0.2) is 0 Å². The molecule has 1 aromatic rings. The summed E-state index contributed by atoms with van der Waals surface area (Å²) in [5, 5.41) is 9.80. The van der Waals surface area contributed by atoms with Gasteiger partial charge in [-0.15, -0.1) is 0 Å². The molecule has 0 aromatic heterocycles. The van der Waals surface area contributed by atoms with Crippen LogP contribution in [0.1, 0.15) is 40.5 Å². The molecule has 4 nitrogen and oxygen atoms in total. The minimum absolute atomic E-state index is 0.212. The summed E-state index contributed by atoms with van der Waals surface area (Å²) in [7, 11) is -0.314. The van der Waals surface area contributed by atoms with Crippen LogP contribution in [0.2, 0.25) is 0 Å². The molecule has 2 aliphatic rings. The Morgan fingerprint density at radius 2 is 1.68 bits per heavy atom. The lowest BCUT2D eigenvalue weighted by Gasteiger charge is -2.32. The van der Waals surface area contributed by atoms with Crippen molar-refractivity contribution in [3.8, 4) is 0 Å². The highest BCUT2D eigenvalue weighted by molar-refractivity contribution is 6.62. The summed E-state index contributed by atoms with van der Waals surface area (Å²) < 4.78 is 12.2. The van der Waals surface area contributed by atoms with Crippen LogP contribution in [0.15, 0.2) is 24.3 Å². The number of hydrogen-bond donors (Lipinski definition) is 1. The first-order chi connectivity index (χ1) is 10.3. The Labute approximate surface area is 133 Å². The fourth-order valence-electron chi connectivity index (χ4n) is 3.01. The Kier molecular flexibility index (Phi) is 4.00. The monoisotopic (exact) mass is 303 g/mol. The Morgan fingerprint density at radius 3 is 2.23 bits per heavy atom. The third-order valence-electron chi connectivity index (χ3n) is 5.18. The molecule has 1 N–H and O–H groups in total. The topological polar surface area (TPSA) is 41.9 Å². The van der Waals surface area contributed by atoms with Crippen molar-refractivity contribution in [3.05, 3.63) is 24.3 Å². The van der Waals surface area contributed by atoms with Crippen LogP contribution in [0.5, 0.6) is 0 Å². The van der Waals surface area contributed by atoms with Crippen LogP contribution < -0.4 is 10.4 Å². The molecule has 2 aliphatic heterocycles. The fraction of sp³-hybridized carbons (Fsp3) is 0.647. The zero-order chi connectivity index (χ0) is 16.0. The summed E-state index contributed by atoms with van der Waals surface area (Å²) >= 11 is 0. The highest BCUT2D eigenvalue weighted by atomic mass is 16.7. The van der Waals surface area contributed by atoms with Crippen molar-refractivity contribution < 1.29 is 14.4 Å². The molecule has 0 amide bonds. The molecule has 22 heavy (non-hydrogen) atoms. The SMILES string of the molecule is CC1(C)OB(c2ccc(N3CCC[C@H](O)C3)cc2)OC1(C)C. The Bertz CT molecular complexity index is 513. The van der Waals surface area contributed by atoms with Gasteiger partial charge in [-0.3, -0.25) is 0 Å². The van der Waals surface area contributed by atoms with Crippen LogP contribution in [0, 0.1) is 0 Å².